The van der Waals surface area contributed by atoms with Crippen LogP contribution in [0.4, 0.5) is 0 Å². The van der Waals surface area contributed by atoms with Crippen LogP contribution in [0, 0.1) is 5.92 Å². The summed E-state index contributed by atoms with van der Waals surface area (Å²) in [6, 6.07) is 0.159. The Morgan fingerprint density at radius 1 is 1.32 bits per heavy atom. The minimum Gasteiger partial charge on any atom is -0.429 e. The lowest BCUT2D eigenvalue weighted by atomic mass is 9.94. The molecule has 2 spiro atoms. The first-order valence-electron chi connectivity index (χ1n) is 7.41. The summed E-state index contributed by atoms with van der Waals surface area (Å²) >= 11 is 0. The molecule has 3 aliphatic rings. The molecule has 3 rings (SSSR count). The maximum atomic E-state index is 12.2. The Morgan fingerprint density at radius 2 is 2.05 bits per heavy atom. The fourth-order valence-corrected chi connectivity index (χ4v) is 3.38. The molecule has 0 aromatic heterocycles. The molecule has 2 heterocycles. The minimum atomic E-state index is -1.20. The monoisotopic (exact) mass is 269 g/mol. The topological polar surface area (TPSA) is 56.8 Å². The van der Waals surface area contributed by atoms with Gasteiger partial charge in [-0.25, -0.2) is 4.79 Å². The molecule has 2 aliphatic heterocycles. The van der Waals surface area contributed by atoms with Crippen molar-refractivity contribution >= 4 is 5.97 Å². The van der Waals surface area contributed by atoms with Crippen molar-refractivity contribution in [3.05, 3.63) is 0 Å². The van der Waals surface area contributed by atoms with E-state index in [1.807, 2.05) is 0 Å². The largest absolute Gasteiger partial charge is 0.429 e. The van der Waals surface area contributed by atoms with Crippen LogP contribution in [0.15, 0.2) is 0 Å². The molecular weight excluding hydrogens is 246 g/mol. The number of nitrogens with one attached hydrogen (secondary N) is 1. The van der Waals surface area contributed by atoms with Gasteiger partial charge in [0.05, 0.1) is 0 Å². The number of hydroxylamine groups is 1. The van der Waals surface area contributed by atoms with Crippen LogP contribution in [0.1, 0.15) is 58.8 Å². The van der Waals surface area contributed by atoms with Gasteiger partial charge < -0.3 is 4.74 Å². The standard InChI is InChI=1S/C14H23NO4/c1-10(2)8-11-9-14(19-15-11)12(16)17-13(18-14)6-4-3-5-7-13/h10-11,15H,3-9H2,1-2H3/t11-,14?/m0/s1. The molecule has 5 heteroatoms. The van der Waals surface area contributed by atoms with E-state index in [4.69, 9.17) is 14.3 Å². The molecule has 3 fully saturated rings. The van der Waals surface area contributed by atoms with Gasteiger partial charge in [0.15, 0.2) is 0 Å². The van der Waals surface area contributed by atoms with Gasteiger partial charge in [0.2, 0.25) is 5.79 Å². The Labute approximate surface area is 113 Å². The number of hydrogen-bond donors (Lipinski definition) is 1. The number of carbonyl (C=O) groups excluding carboxylic acids is 1. The lowest BCUT2D eigenvalue weighted by molar-refractivity contribution is -0.270. The van der Waals surface area contributed by atoms with E-state index in [1.165, 1.54) is 6.42 Å². The molecule has 2 atom stereocenters. The minimum absolute atomic E-state index is 0.159. The SMILES string of the molecule is CC(C)C[C@H]1CC2(ON1)OC1(CCCCC1)OC2=O. The number of esters is 1. The third kappa shape index (κ3) is 2.39. The quantitative estimate of drug-likeness (QED) is 0.779. The summed E-state index contributed by atoms with van der Waals surface area (Å²) < 4.78 is 11.6. The molecule has 0 aromatic rings. The molecule has 0 aromatic carbocycles. The Balaban J connectivity index is 1.70. The van der Waals surface area contributed by atoms with Gasteiger partial charge in [-0.2, -0.15) is 5.48 Å². The second kappa shape index (κ2) is 4.72. The summed E-state index contributed by atoms with van der Waals surface area (Å²) in [5.74, 6) is -1.72. The Kier molecular flexibility index (Phi) is 3.31. The summed E-state index contributed by atoms with van der Waals surface area (Å²) in [4.78, 5) is 17.7. The number of ether oxygens (including phenoxy) is 2. The van der Waals surface area contributed by atoms with Gasteiger partial charge in [-0.3, -0.25) is 9.57 Å². The van der Waals surface area contributed by atoms with E-state index in [0.717, 1.165) is 32.1 Å². The molecule has 1 saturated carbocycles. The Morgan fingerprint density at radius 3 is 2.74 bits per heavy atom. The van der Waals surface area contributed by atoms with Gasteiger partial charge in [-0.1, -0.05) is 20.3 Å². The summed E-state index contributed by atoms with van der Waals surface area (Å²) in [5, 5.41) is 0. The number of rotatable bonds is 2. The highest BCUT2D eigenvalue weighted by Crippen LogP contribution is 2.46. The van der Waals surface area contributed by atoms with Crippen molar-refractivity contribution in [3.8, 4) is 0 Å². The first-order valence-corrected chi connectivity index (χ1v) is 7.41. The van der Waals surface area contributed by atoms with Crippen molar-refractivity contribution in [2.24, 2.45) is 5.92 Å². The van der Waals surface area contributed by atoms with Gasteiger partial charge >= 0.3 is 5.97 Å². The zero-order valence-electron chi connectivity index (χ0n) is 11.7. The highest BCUT2D eigenvalue weighted by Gasteiger charge is 2.62. The van der Waals surface area contributed by atoms with Crippen LogP contribution >= 0.6 is 0 Å². The van der Waals surface area contributed by atoms with E-state index in [9.17, 15) is 4.79 Å². The van der Waals surface area contributed by atoms with Gasteiger partial charge in [0, 0.05) is 25.3 Å². The molecule has 1 N–H and O–H groups in total. The summed E-state index contributed by atoms with van der Waals surface area (Å²) in [6.07, 6.45) is 6.37. The van der Waals surface area contributed by atoms with Crippen molar-refractivity contribution in [1.82, 2.24) is 5.48 Å². The highest BCUT2D eigenvalue weighted by molar-refractivity contribution is 5.80. The Bertz CT molecular complexity index is 364. The van der Waals surface area contributed by atoms with E-state index >= 15 is 0 Å². The summed E-state index contributed by atoms with van der Waals surface area (Å²) in [6.45, 7) is 4.31. The van der Waals surface area contributed by atoms with Crippen LogP contribution in [-0.2, 0) is 19.1 Å². The first kappa shape index (κ1) is 13.3. The van der Waals surface area contributed by atoms with Gasteiger partial charge in [0.25, 0.3) is 5.79 Å². The van der Waals surface area contributed by atoms with Crippen molar-refractivity contribution in [3.63, 3.8) is 0 Å². The molecule has 1 aliphatic carbocycles. The molecule has 19 heavy (non-hydrogen) atoms. The predicted octanol–water partition coefficient (Wildman–Crippen LogP) is 2.26. The number of hydrogen-bond acceptors (Lipinski definition) is 5. The van der Waals surface area contributed by atoms with Gasteiger partial charge in [-0.15, -0.1) is 0 Å². The van der Waals surface area contributed by atoms with E-state index in [2.05, 4.69) is 19.3 Å². The molecule has 1 unspecified atom stereocenters. The first-order chi connectivity index (χ1) is 9.04. The van der Waals surface area contributed by atoms with Crippen molar-refractivity contribution in [2.45, 2.75) is 76.4 Å². The van der Waals surface area contributed by atoms with Crippen molar-refractivity contribution in [2.75, 3.05) is 0 Å². The fraction of sp³-hybridized carbons (Fsp3) is 0.929. The van der Waals surface area contributed by atoms with Crippen LogP contribution in [-0.4, -0.2) is 23.6 Å². The maximum Gasteiger partial charge on any atom is 0.371 e. The zero-order valence-corrected chi connectivity index (χ0v) is 11.7. The van der Waals surface area contributed by atoms with E-state index in [-0.39, 0.29) is 12.0 Å². The lowest BCUT2D eigenvalue weighted by Gasteiger charge is -2.31. The summed E-state index contributed by atoms with van der Waals surface area (Å²) in [5.41, 5.74) is 2.95. The molecule has 108 valence electrons. The highest BCUT2D eigenvalue weighted by atomic mass is 16.9. The number of carbonyl (C=O) groups is 1. The third-order valence-electron chi connectivity index (χ3n) is 4.22. The lowest BCUT2D eigenvalue weighted by Crippen LogP contribution is -2.39. The molecule has 0 bridgehead atoms. The second-order valence-corrected chi connectivity index (χ2v) is 6.47. The smallest absolute Gasteiger partial charge is 0.371 e. The average molecular weight is 269 g/mol. The van der Waals surface area contributed by atoms with Crippen LogP contribution in [0.25, 0.3) is 0 Å². The summed E-state index contributed by atoms with van der Waals surface area (Å²) in [7, 11) is 0. The fourth-order valence-electron chi connectivity index (χ4n) is 3.38. The average Bonchev–Trinajstić information content (AvgIpc) is 2.83. The van der Waals surface area contributed by atoms with Gasteiger partial charge in [-0.05, 0) is 25.2 Å². The Hall–Kier alpha value is -0.650. The van der Waals surface area contributed by atoms with Crippen LogP contribution in [0.2, 0.25) is 0 Å². The maximum absolute atomic E-state index is 12.2. The van der Waals surface area contributed by atoms with E-state index in [1.54, 1.807) is 0 Å². The van der Waals surface area contributed by atoms with E-state index in [0.29, 0.717) is 12.3 Å². The predicted molar refractivity (Wildman–Crippen MR) is 67.8 cm³/mol. The van der Waals surface area contributed by atoms with E-state index < -0.39 is 11.6 Å². The zero-order chi connectivity index (χ0) is 13.5. The van der Waals surface area contributed by atoms with Crippen LogP contribution in [0.3, 0.4) is 0 Å². The van der Waals surface area contributed by atoms with Crippen molar-refractivity contribution < 1.29 is 19.1 Å². The molecule has 0 radical (unpaired) electrons. The normalized spacial score (nSPS) is 37.4. The van der Waals surface area contributed by atoms with Crippen molar-refractivity contribution in [1.29, 1.82) is 0 Å². The molecular formula is C14H23NO4. The van der Waals surface area contributed by atoms with Gasteiger partial charge in [0.1, 0.15) is 0 Å². The van der Waals surface area contributed by atoms with Crippen LogP contribution in [0.5, 0.6) is 0 Å². The molecule has 2 saturated heterocycles. The third-order valence-corrected chi connectivity index (χ3v) is 4.22. The molecule has 5 nitrogen and oxygen atoms in total. The second-order valence-electron chi connectivity index (χ2n) is 6.47. The molecule has 0 amide bonds. The van der Waals surface area contributed by atoms with Crippen LogP contribution < -0.4 is 5.48 Å².